The highest BCUT2D eigenvalue weighted by atomic mass is 32.2. The summed E-state index contributed by atoms with van der Waals surface area (Å²) in [7, 11) is -2.17. The number of carbonyl (C=O) groups is 1. The van der Waals surface area contributed by atoms with Gasteiger partial charge in [0.15, 0.2) is 0 Å². The maximum Gasteiger partial charge on any atom is 0.261 e. The van der Waals surface area contributed by atoms with E-state index in [1.54, 1.807) is 25.3 Å². The Balaban J connectivity index is 1.85. The van der Waals surface area contributed by atoms with Crippen molar-refractivity contribution in [2.75, 3.05) is 56.1 Å². The lowest BCUT2D eigenvalue weighted by molar-refractivity contribution is 0.0948. The van der Waals surface area contributed by atoms with E-state index >= 15 is 0 Å². The highest BCUT2D eigenvalue weighted by molar-refractivity contribution is 7.92. The minimum absolute atomic E-state index is 0.141. The van der Waals surface area contributed by atoms with Crippen LogP contribution >= 0.6 is 0 Å². The zero-order chi connectivity index (χ0) is 21.4. The molecule has 1 fully saturated rings. The van der Waals surface area contributed by atoms with Crippen molar-refractivity contribution in [2.24, 2.45) is 0 Å². The van der Waals surface area contributed by atoms with Gasteiger partial charge < -0.3 is 20.3 Å². The molecule has 0 spiro atoms. The zero-order valence-electron chi connectivity index (χ0n) is 16.9. The number of carbonyl (C=O) groups excluding carboxylic acids is 1. The maximum atomic E-state index is 12.8. The first-order valence-corrected chi connectivity index (χ1v) is 11.3. The third kappa shape index (κ3) is 5.68. The monoisotopic (exact) mass is 433 g/mol. The van der Waals surface area contributed by atoms with Crippen LogP contribution in [0.4, 0.5) is 11.5 Å². The molecule has 0 atom stereocenters. The van der Waals surface area contributed by atoms with E-state index in [1.807, 2.05) is 4.90 Å². The molecule has 0 bridgehead atoms. The lowest BCUT2D eigenvalue weighted by Crippen LogP contribution is -2.44. The van der Waals surface area contributed by atoms with Gasteiger partial charge in [-0.25, -0.2) is 13.4 Å². The van der Waals surface area contributed by atoms with E-state index in [2.05, 4.69) is 20.3 Å². The molecule has 2 aromatic rings. The Morgan fingerprint density at radius 3 is 2.67 bits per heavy atom. The Morgan fingerprint density at radius 1 is 1.23 bits per heavy atom. The molecule has 0 radical (unpaired) electrons. The predicted octanol–water partition coefficient (Wildman–Crippen LogP) is 1.06. The Morgan fingerprint density at radius 2 is 1.97 bits per heavy atom. The van der Waals surface area contributed by atoms with Crippen LogP contribution in [0.2, 0.25) is 0 Å². The van der Waals surface area contributed by atoms with Gasteiger partial charge in [-0.15, -0.1) is 0 Å². The Labute approximate surface area is 176 Å². The van der Waals surface area contributed by atoms with Gasteiger partial charge in [0.05, 0.1) is 22.3 Å². The number of aromatic nitrogens is 1. The number of hydrogen-bond donors (Lipinski definition) is 3. The second-order valence-corrected chi connectivity index (χ2v) is 8.54. The molecule has 1 aromatic carbocycles. The first-order chi connectivity index (χ1) is 14.5. The van der Waals surface area contributed by atoms with Crippen molar-refractivity contribution in [3.05, 3.63) is 48.2 Å². The normalized spacial score (nSPS) is 14.4. The minimum Gasteiger partial charge on any atom is -0.385 e. The summed E-state index contributed by atoms with van der Waals surface area (Å²) in [6.07, 6.45) is 2.12. The van der Waals surface area contributed by atoms with Crippen LogP contribution in [0.25, 0.3) is 0 Å². The number of benzene rings is 1. The van der Waals surface area contributed by atoms with Crippen LogP contribution in [0.15, 0.2) is 47.5 Å². The average molecular weight is 434 g/mol. The van der Waals surface area contributed by atoms with Crippen molar-refractivity contribution in [3.8, 4) is 0 Å². The number of nitrogens with one attached hydrogen (secondary N) is 3. The first kappa shape index (κ1) is 22.0. The molecule has 1 amide bonds. The average Bonchev–Trinajstić information content (AvgIpc) is 2.77. The summed E-state index contributed by atoms with van der Waals surface area (Å²) < 4.78 is 32.8. The highest BCUT2D eigenvalue weighted by Gasteiger charge is 2.22. The molecule has 10 heteroatoms. The van der Waals surface area contributed by atoms with Crippen LogP contribution < -0.4 is 20.3 Å². The molecule has 1 saturated heterocycles. The van der Waals surface area contributed by atoms with E-state index in [0.717, 1.165) is 13.1 Å². The molecule has 0 aliphatic carbocycles. The highest BCUT2D eigenvalue weighted by Crippen LogP contribution is 2.24. The summed E-state index contributed by atoms with van der Waals surface area (Å²) in [4.78, 5) is 19.4. The molecule has 1 aromatic heterocycles. The topological polar surface area (TPSA) is 113 Å². The second kappa shape index (κ2) is 10.4. The lowest BCUT2D eigenvalue weighted by atomic mass is 10.2. The SMILES string of the molecule is COCCCNC(=O)c1cc(NS(=O)(=O)c2ccccc2)cnc1N1CCNCC1. The maximum absolute atomic E-state index is 12.8. The van der Waals surface area contributed by atoms with Crippen LogP contribution in [0.3, 0.4) is 0 Å². The van der Waals surface area contributed by atoms with Crippen molar-refractivity contribution >= 4 is 27.4 Å². The van der Waals surface area contributed by atoms with E-state index in [1.165, 1.54) is 24.4 Å². The summed E-state index contributed by atoms with van der Waals surface area (Å²) in [6, 6.07) is 9.60. The van der Waals surface area contributed by atoms with E-state index in [9.17, 15) is 13.2 Å². The number of piperazine rings is 1. The van der Waals surface area contributed by atoms with E-state index in [-0.39, 0.29) is 16.5 Å². The van der Waals surface area contributed by atoms with Gasteiger partial charge in [0, 0.05) is 46.4 Å². The van der Waals surface area contributed by atoms with Crippen molar-refractivity contribution in [2.45, 2.75) is 11.3 Å². The van der Waals surface area contributed by atoms with Crippen molar-refractivity contribution in [1.82, 2.24) is 15.6 Å². The summed E-state index contributed by atoms with van der Waals surface area (Å²) in [5.74, 6) is 0.247. The molecule has 3 N–H and O–H groups in total. The number of methoxy groups -OCH3 is 1. The molecule has 1 aliphatic rings. The number of rotatable bonds is 9. The third-order valence-corrected chi connectivity index (χ3v) is 6.04. The zero-order valence-corrected chi connectivity index (χ0v) is 17.7. The molecule has 0 unspecified atom stereocenters. The van der Waals surface area contributed by atoms with Gasteiger partial charge in [-0.3, -0.25) is 9.52 Å². The molecular weight excluding hydrogens is 406 g/mol. The number of nitrogens with zero attached hydrogens (tertiary/aromatic N) is 2. The fourth-order valence-electron chi connectivity index (χ4n) is 3.14. The molecule has 162 valence electrons. The van der Waals surface area contributed by atoms with Crippen molar-refractivity contribution < 1.29 is 17.9 Å². The molecule has 2 heterocycles. The second-order valence-electron chi connectivity index (χ2n) is 6.85. The number of pyridine rings is 1. The Kier molecular flexibility index (Phi) is 7.61. The van der Waals surface area contributed by atoms with Gasteiger partial charge in [0.2, 0.25) is 0 Å². The first-order valence-electron chi connectivity index (χ1n) is 9.82. The van der Waals surface area contributed by atoms with Crippen molar-refractivity contribution in [3.63, 3.8) is 0 Å². The fraction of sp³-hybridized carbons (Fsp3) is 0.400. The lowest BCUT2D eigenvalue weighted by Gasteiger charge is -2.30. The quantitative estimate of drug-likeness (QED) is 0.507. The number of ether oxygens (including phenoxy) is 1. The summed E-state index contributed by atoms with van der Waals surface area (Å²) in [6.45, 7) is 4.00. The fourth-order valence-corrected chi connectivity index (χ4v) is 4.19. The summed E-state index contributed by atoms with van der Waals surface area (Å²) in [5.41, 5.74) is 0.572. The molecular formula is C20H27N5O4S. The van der Waals surface area contributed by atoms with Crippen LogP contribution in [0.5, 0.6) is 0 Å². The molecule has 30 heavy (non-hydrogen) atoms. The van der Waals surface area contributed by atoms with Gasteiger partial charge in [0.1, 0.15) is 5.82 Å². The summed E-state index contributed by atoms with van der Waals surface area (Å²) >= 11 is 0. The molecule has 0 saturated carbocycles. The van der Waals surface area contributed by atoms with Crippen LogP contribution in [-0.4, -0.2) is 65.7 Å². The molecule has 1 aliphatic heterocycles. The smallest absolute Gasteiger partial charge is 0.261 e. The molecule has 3 rings (SSSR count). The van der Waals surface area contributed by atoms with E-state index < -0.39 is 10.0 Å². The van der Waals surface area contributed by atoms with Gasteiger partial charge in [-0.05, 0) is 24.6 Å². The largest absolute Gasteiger partial charge is 0.385 e. The number of anilines is 2. The predicted molar refractivity (Wildman–Crippen MR) is 115 cm³/mol. The minimum atomic E-state index is -3.78. The van der Waals surface area contributed by atoms with Crippen LogP contribution in [0, 0.1) is 0 Å². The van der Waals surface area contributed by atoms with Gasteiger partial charge in [0.25, 0.3) is 15.9 Å². The van der Waals surface area contributed by atoms with Crippen LogP contribution in [0.1, 0.15) is 16.8 Å². The van der Waals surface area contributed by atoms with Gasteiger partial charge >= 0.3 is 0 Å². The standard InChI is InChI=1S/C20H27N5O4S/c1-29-13-5-8-22-20(26)18-14-16(15-23-19(18)25-11-9-21-10-12-25)24-30(27,28)17-6-3-2-4-7-17/h2-4,6-7,14-15,21,24H,5,8-13H2,1H3,(H,22,26). The van der Waals surface area contributed by atoms with Gasteiger partial charge in [-0.2, -0.15) is 0 Å². The number of amides is 1. The number of hydrogen-bond acceptors (Lipinski definition) is 7. The van der Waals surface area contributed by atoms with E-state index in [0.29, 0.717) is 44.0 Å². The van der Waals surface area contributed by atoms with E-state index in [4.69, 9.17) is 4.74 Å². The third-order valence-electron chi connectivity index (χ3n) is 4.64. The van der Waals surface area contributed by atoms with Gasteiger partial charge in [-0.1, -0.05) is 18.2 Å². The Hall–Kier alpha value is -2.69. The molecule has 9 nitrogen and oxygen atoms in total. The Bertz CT molecular complexity index is 947. The van der Waals surface area contributed by atoms with Crippen molar-refractivity contribution in [1.29, 1.82) is 0 Å². The van der Waals surface area contributed by atoms with Crippen LogP contribution in [-0.2, 0) is 14.8 Å². The summed E-state index contributed by atoms with van der Waals surface area (Å²) in [5, 5.41) is 6.12. The number of sulfonamides is 1.